The van der Waals surface area contributed by atoms with E-state index in [1.54, 1.807) is 12.1 Å². The molecule has 3 rings (SSSR count). The number of benzene rings is 1. The topological polar surface area (TPSA) is 32.3 Å². The maximum Gasteiger partial charge on any atom is 0.262 e. The standard InChI is InChI=1S/C16H18ClFN2OS/c17-14-13-11(18)5-4-6-12(13)22-15(14)16(21)19-7-10-20-8-2-1-3-9-20/h4-6H,1-3,7-10H2,(H,19,21). The minimum atomic E-state index is -0.383. The van der Waals surface area contributed by atoms with E-state index >= 15 is 0 Å². The Balaban J connectivity index is 1.65. The Labute approximate surface area is 138 Å². The third kappa shape index (κ3) is 3.26. The molecule has 0 spiro atoms. The van der Waals surface area contributed by atoms with Crippen LogP contribution in [0, 0.1) is 5.82 Å². The number of nitrogens with zero attached hydrogens (tertiary/aromatic N) is 1. The van der Waals surface area contributed by atoms with E-state index in [9.17, 15) is 9.18 Å². The number of thiophene rings is 1. The molecular weight excluding hydrogens is 323 g/mol. The molecular formula is C16H18ClFN2OS. The molecule has 2 heterocycles. The minimum Gasteiger partial charge on any atom is -0.350 e. The molecule has 0 atom stereocenters. The SMILES string of the molecule is O=C(NCCN1CCCCC1)c1sc2cccc(F)c2c1Cl. The van der Waals surface area contributed by atoms with Crippen molar-refractivity contribution < 1.29 is 9.18 Å². The second-order valence-corrected chi connectivity index (χ2v) is 6.95. The van der Waals surface area contributed by atoms with Crippen molar-refractivity contribution in [3.8, 4) is 0 Å². The highest BCUT2D eigenvalue weighted by molar-refractivity contribution is 7.21. The van der Waals surface area contributed by atoms with Crippen molar-refractivity contribution in [1.29, 1.82) is 0 Å². The van der Waals surface area contributed by atoms with Crippen LogP contribution in [0.2, 0.25) is 5.02 Å². The summed E-state index contributed by atoms with van der Waals surface area (Å²) in [5, 5.41) is 3.45. The fraction of sp³-hybridized carbons (Fsp3) is 0.438. The summed E-state index contributed by atoms with van der Waals surface area (Å²) >= 11 is 7.42. The van der Waals surface area contributed by atoms with E-state index in [4.69, 9.17) is 11.6 Å². The number of carbonyl (C=O) groups is 1. The van der Waals surface area contributed by atoms with Gasteiger partial charge in [-0.2, -0.15) is 0 Å². The zero-order valence-corrected chi connectivity index (χ0v) is 13.8. The summed E-state index contributed by atoms with van der Waals surface area (Å²) in [6.07, 6.45) is 3.76. The van der Waals surface area contributed by atoms with E-state index in [1.807, 2.05) is 0 Å². The van der Waals surface area contributed by atoms with Crippen molar-refractivity contribution in [3.63, 3.8) is 0 Å². The van der Waals surface area contributed by atoms with E-state index in [0.29, 0.717) is 21.5 Å². The van der Waals surface area contributed by atoms with Crippen molar-refractivity contribution in [2.75, 3.05) is 26.2 Å². The highest BCUT2D eigenvalue weighted by Crippen LogP contribution is 2.36. The van der Waals surface area contributed by atoms with Crippen LogP contribution < -0.4 is 5.32 Å². The fourth-order valence-electron chi connectivity index (χ4n) is 2.81. The Morgan fingerprint density at radius 1 is 1.32 bits per heavy atom. The molecule has 22 heavy (non-hydrogen) atoms. The Morgan fingerprint density at radius 3 is 2.82 bits per heavy atom. The van der Waals surface area contributed by atoms with Crippen LogP contribution in [0.25, 0.3) is 10.1 Å². The lowest BCUT2D eigenvalue weighted by Gasteiger charge is -2.26. The van der Waals surface area contributed by atoms with Crippen molar-refractivity contribution in [2.24, 2.45) is 0 Å². The average Bonchev–Trinajstić information content (AvgIpc) is 2.87. The molecule has 118 valence electrons. The van der Waals surface area contributed by atoms with E-state index in [-0.39, 0.29) is 16.7 Å². The number of halogens is 2. The van der Waals surface area contributed by atoms with Gasteiger partial charge in [0.2, 0.25) is 0 Å². The Hall–Kier alpha value is -1.17. The first-order chi connectivity index (χ1) is 10.7. The highest BCUT2D eigenvalue weighted by Gasteiger charge is 2.19. The molecule has 0 saturated carbocycles. The van der Waals surface area contributed by atoms with Gasteiger partial charge in [-0.05, 0) is 38.1 Å². The fourth-order valence-corrected chi connectivity index (χ4v) is 4.28. The molecule has 6 heteroatoms. The van der Waals surface area contributed by atoms with Gasteiger partial charge in [-0.1, -0.05) is 24.1 Å². The van der Waals surface area contributed by atoms with Gasteiger partial charge in [0.15, 0.2) is 0 Å². The summed E-state index contributed by atoms with van der Waals surface area (Å²) in [5.74, 6) is -0.603. The van der Waals surface area contributed by atoms with Gasteiger partial charge in [0.25, 0.3) is 5.91 Å². The molecule has 0 unspecified atom stereocenters. The van der Waals surface area contributed by atoms with Gasteiger partial charge in [-0.25, -0.2) is 4.39 Å². The summed E-state index contributed by atoms with van der Waals surface area (Å²) in [6, 6.07) is 4.76. The lowest BCUT2D eigenvalue weighted by Crippen LogP contribution is -2.37. The van der Waals surface area contributed by atoms with Crippen LogP contribution in [0.15, 0.2) is 18.2 Å². The normalized spacial score (nSPS) is 16.1. The molecule has 1 amide bonds. The van der Waals surface area contributed by atoms with Crippen molar-refractivity contribution in [1.82, 2.24) is 10.2 Å². The van der Waals surface area contributed by atoms with Crippen molar-refractivity contribution in [3.05, 3.63) is 33.9 Å². The van der Waals surface area contributed by atoms with Gasteiger partial charge < -0.3 is 10.2 Å². The predicted molar refractivity (Wildman–Crippen MR) is 89.4 cm³/mol. The van der Waals surface area contributed by atoms with E-state index in [2.05, 4.69) is 10.2 Å². The van der Waals surface area contributed by atoms with Crippen molar-refractivity contribution >= 4 is 38.9 Å². The zero-order valence-electron chi connectivity index (χ0n) is 12.2. The van der Waals surface area contributed by atoms with Gasteiger partial charge in [0.1, 0.15) is 10.7 Å². The smallest absolute Gasteiger partial charge is 0.262 e. The monoisotopic (exact) mass is 340 g/mol. The predicted octanol–water partition coefficient (Wildman–Crippen LogP) is 3.91. The lowest BCUT2D eigenvalue weighted by atomic mass is 10.1. The highest BCUT2D eigenvalue weighted by atomic mass is 35.5. The van der Waals surface area contributed by atoms with Gasteiger partial charge in [0.05, 0.1) is 5.02 Å². The number of piperidine rings is 1. The van der Waals surface area contributed by atoms with Crippen LogP contribution in [-0.2, 0) is 0 Å². The maximum atomic E-state index is 13.8. The molecule has 1 saturated heterocycles. The number of nitrogens with one attached hydrogen (secondary N) is 1. The molecule has 1 N–H and O–H groups in total. The summed E-state index contributed by atoms with van der Waals surface area (Å²) in [5.41, 5.74) is 0. The Kier molecular flexibility index (Phi) is 4.96. The van der Waals surface area contributed by atoms with Crippen LogP contribution >= 0.6 is 22.9 Å². The number of fused-ring (bicyclic) bond motifs is 1. The van der Waals surface area contributed by atoms with Crippen LogP contribution in [0.1, 0.15) is 28.9 Å². The molecule has 1 aliphatic heterocycles. The summed E-state index contributed by atoms with van der Waals surface area (Å²) in [6.45, 7) is 3.64. The Bertz CT molecular complexity index is 682. The van der Waals surface area contributed by atoms with Crippen LogP contribution in [0.4, 0.5) is 4.39 Å². The molecule has 2 aromatic rings. The largest absolute Gasteiger partial charge is 0.350 e. The Morgan fingerprint density at radius 2 is 2.09 bits per heavy atom. The first-order valence-electron chi connectivity index (χ1n) is 7.54. The third-order valence-electron chi connectivity index (χ3n) is 3.97. The lowest BCUT2D eigenvalue weighted by molar-refractivity contribution is 0.0951. The molecule has 3 nitrogen and oxygen atoms in total. The first kappa shape index (κ1) is 15.7. The van der Waals surface area contributed by atoms with Gasteiger partial charge in [-0.15, -0.1) is 11.3 Å². The molecule has 1 aromatic heterocycles. The number of hydrogen-bond acceptors (Lipinski definition) is 3. The summed E-state index contributed by atoms with van der Waals surface area (Å²) in [4.78, 5) is 15.0. The number of rotatable bonds is 4. The number of carbonyl (C=O) groups excluding carboxylic acids is 1. The second-order valence-electron chi connectivity index (χ2n) is 5.52. The molecule has 0 bridgehead atoms. The van der Waals surface area contributed by atoms with Crippen LogP contribution in [0.5, 0.6) is 0 Å². The first-order valence-corrected chi connectivity index (χ1v) is 8.73. The summed E-state index contributed by atoms with van der Waals surface area (Å²) < 4.78 is 14.5. The number of amides is 1. The molecule has 0 radical (unpaired) electrons. The van der Waals surface area contributed by atoms with E-state index in [1.165, 1.54) is 36.7 Å². The second kappa shape index (κ2) is 6.94. The van der Waals surface area contributed by atoms with Crippen molar-refractivity contribution in [2.45, 2.75) is 19.3 Å². The van der Waals surface area contributed by atoms with Gasteiger partial charge in [-0.3, -0.25) is 4.79 Å². The molecule has 1 fully saturated rings. The minimum absolute atomic E-state index is 0.216. The quantitative estimate of drug-likeness (QED) is 0.915. The van der Waals surface area contributed by atoms with E-state index in [0.717, 1.165) is 19.6 Å². The summed E-state index contributed by atoms with van der Waals surface area (Å²) in [7, 11) is 0. The number of likely N-dealkylation sites (tertiary alicyclic amines) is 1. The average molecular weight is 341 g/mol. The number of hydrogen-bond donors (Lipinski definition) is 1. The van der Waals surface area contributed by atoms with Gasteiger partial charge >= 0.3 is 0 Å². The molecule has 1 aliphatic rings. The van der Waals surface area contributed by atoms with Crippen LogP contribution in [-0.4, -0.2) is 37.0 Å². The zero-order chi connectivity index (χ0) is 15.5. The maximum absolute atomic E-state index is 13.8. The van der Waals surface area contributed by atoms with Crippen LogP contribution in [0.3, 0.4) is 0 Å². The molecule has 1 aromatic carbocycles. The molecule has 0 aliphatic carbocycles. The van der Waals surface area contributed by atoms with E-state index < -0.39 is 0 Å². The van der Waals surface area contributed by atoms with Gasteiger partial charge in [0, 0.05) is 23.2 Å². The third-order valence-corrected chi connectivity index (χ3v) is 5.62.